The third kappa shape index (κ3) is 6.20. The summed E-state index contributed by atoms with van der Waals surface area (Å²) in [5.74, 6) is 0.117. The first-order valence-corrected chi connectivity index (χ1v) is 11.7. The number of nitrogens with two attached hydrogens (primary N) is 1. The van der Waals surface area contributed by atoms with Crippen LogP contribution in [0.2, 0.25) is 0 Å². The minimum absolute atomic E-state index is 0.117. The third-order valence-electron chi connectivity index (χ3n) is 6.29. The summed E-state index contributed by atoms with van der Waals surface area (Å²) in [6, 6.07) is 18.2. The fourth-order valence-electron chi connectivity index (χ4n) is 4.45. The van der Waals surface area contributed by atoms with E-state index in [-0.39, 0.29) is 5.91 Å². The molecule has 4 nitrogen and oxygen atoms in total. The van der Waals surface area contributed by atoms with Crippen LogP contribution in [0, 0.1) is 0 Å². The maximum atomic E-state index is 12.8. The van der Waals surface area contributed by atoms with Gasteiger partial charge in [0.15, 0.2) is 0 Å². The lowest BCUT2D eigenvalue weighted by Crippen LogP contribution is -2.35. The summed E-state index contributed by atoms with van der Waals surface area (Å²) < 4.78 is 0. The van der Waals surface area contributed by atoms with Crippen LogP contribution in [-0.4, -0.2) is 41.9 Å². The number of nitrogen functional groups attached to an aromatic ring is 1. The maximum absolute atomic E-state index is 12.8. The average molecular weight is 420 g/mol. The number of likely N-dealkylation sites (tertiary alicyclic amines) is 1. The molecule has 1 aliphatic rings. The Kier molecular flexibility index (Phi) is 8.72. The SMILES string of the molecule is CCCCN1CC/C(=C/CCN(CC)C(=O)c2ccccc2)CC1c1ccccc1N. The Bertz CT molecular complexity index is 862. The van der Waals surface area contributed by atoms with Crippen molar-refractivity contribution in [3.8, 4) is 0 Å². The monoisotopic (exact) mass is 419 g/mol. The predicted octanol–water partition coefficient (Wildman–Crippen LogP) is 5.68. The van der Waals surface area contributed by atoms with Crippen molar-refractivity contribution in [2.75, 3.05) is 31.9 Å². The molecule has 1 atom stereocenters. The number of para-hydroxylation sites is 1. The molecule has 1 aliphatic heterocycles. The molecule has 2 N–H and O–H groups in total. The van der Waals surface area contributed by atoms with E-state index in [9.17, 15) is 4.79 Å². The van der Waals surface area contributed by atoms with Crippen LogP contribution in [0.15, 0.2) is 66.2 Å². The van der Waals surface area contributed by atoms with E-state index in [1.165, 1.54) is 24.0 Å². The molecule has 1 saturated heterocycles. The number of hydrogen-bond donors (Lipinski definition) is 1. The van der Waals surface area contributed by atoms with Gasteiger partial charge in [0.2, 0.25) is 0 Å². The molecule has 0 aliphatic carbocycles. The molecule has 1 amide bonds. The minimum atomic E-state index is 0.117. The Balaban J connectivity index is 1.65. The van der Waals surface area contributed by atoms with Crippen molar-refractivity contribution in [1.82, 2.24) is 9.80 Å². The standard InChI is InChI=1S/C27H37N3O/c1-3-5-18-30-20-17-22(21-26(30)24-15-9-10-16-25(24)28)12-11-19-29(4-2)27(31)23-13-7-6-8-14-23/h6-10,12-16,26H,3-5,11,17-21,28H2,1-2H3/b22-12-. The number of piperidine rings is 1. The fourth-order valence-corrected chi connectivity index (χ4v) is 4.45. The number of nitrogens with zero attached hydrogens (tertiary/aromatic N) is 2. The summed E-state index contributed by atoms with van der Waals surface area (Å²) in [7, 11) is 0. The molecule has 1 heterocycles. The highest BCUT2D eigenvalue weighted by atomic mass is 16.2. The van der Waals surface area contributed by atoms with E-state index in [0.29, 0.717) is 6.04 Å². The fraction of sp³-hybridized carbons (Fsp3) is 0.444. The van der Waals surface area contributed by atoms with Crippen molar-refractivity contribution >= 4 is 11.6 Å². The molecule has 4 heteroatoms. The first kappa shape index (κ1) is 23.1. The molecule has 0 radical (unpaired) electrons. The smallest absolute Gasteiger partial charge is 0.253 e. The van der Waals surface area contributed by atoms with Gasteiger partial charge in [0.25, 0.3) is 5.91 Å². The van der Waals surface area contributed by atoms with E-state index in [0.717, 1.165) is 56.7 Å². The van der Waals surface area contributed by atoms with Crippen molar-refractivity contribution in [3.63, 3.8) is 0 Å². The largest absolute Gasteiger partial charge is 0.398 e. The van der Waals surface area contributed by atoms with Crippen LogP contribution < -0.4 is 5.73 Å². The highest BCUT2D eigenvalue weighted by molar-refractivity contribution is 5.94. The van der Waals surface area contributed by atoms with Crippen molar-refractivity contribution in [1.29, 1.82) is 0 Å². The second-order valence-electron chi connectivity index (χ2n) is 8.39. The molecule has 2 aromatic rings. The lowest BCUT2D eigenvalue weighted by molar-refractivity contribution is 0.0767. The van der Waals surface area contributed by atoms with E-state index in [2.05, 4.69) is 37.0 Å². The number of carbonyl (C=O) groups excluding carboxylic acids is 1. The van der Waals surface area contributed by atoms with Crippen LogP contribution in [-0.2, 0) is 0 Å². The minimum Gasteiger partial charge on any atom is -0.398 e. The molecule has 0 spiro atoms. The molecular formula is C27H37N3O. The summed E-state index contributed by atoms with van der Waals surface area (Å²) in [6.45, 7) is 7.98. The van der Waals surface area contributed by atoms with E-state index >= 15 is 0 Å². The van der Waals surface area contributed by atoms with Crippen LogP contribution in [0.3, 0.4) is 0 Å². The van der Waals surface area contributed by atoms with Crippen LogP contribution in [0.1, 0.15) is 67.9 Å². The Morgan fingerprint density at radius 1 is 1.13 bits per heavy atom. The maximum Gasteiger partial charge on any atom is 0.253 e. The number of anilines is 1. The van der Waals surface area contributed by atoms with E-state index in [4.69, 9.17) is 5.73 Å². The number of hydrogen-bond acceptors (Lipinski definition) is 3. The van der Waals surface area contributed by atoms with Crippen molar-refractivity contribution in [3.05, 3.63) is 77.4 Å². The van der Waals surface area contributed by atoms with Gasteiger partial charge in [0.1, 0.15) is 0 Å². The zero-order valence-corrected chi connectivity index (χ0v) is 19.1. The molecule has 1 unspecified atom stereocenters. The van der Waals surface area contributed by atoms with E-state index < -0.39 is 0 Å². The molecule has 3 rings (SSSR count). The number of rotatable bonds is 9. The normalized spacial score (nSPS) is 18.3. The van der Waals surface area contributed by atoms with Crippen LogP contribution >= 0.6 is 0 Å². The van der Waals surface area contributed by atoms with Gasteiger partial charge < -0.3 is 10.6 Å². The van der Waals surface area contributed by atoms with Gasteiger partial charge >= 0.3 is 0 Å². The van der Waals surface area contributed by atoms with Crippen LogP contribution in [0.25, 0.3) is 0 Å². The second-order valence-corrected chi connectivity index (χ2v) is 8.39. The summed E-state index contributed by atoms with van der Waals surface area (Å²) in [6.07, 6.45) is 7.81. The van der Waals surface area contributed by atoms with Crippen LogP contribution in [0.5, 0.6) is 0 Å². The number of amides is 1. The quantitative estimate of drug-likeness (QED) is 0.420. The Morgan fingerprint density at radius 2 is 1.87 bits per heavy atom. The zero-order chi connectivity index (χ0) is 22.1. The topological polar surface area (TPSA) is 49.6 Å². The first-order chi connectivity index (χ1) is 15.1. The highest BCUT2D eigenvalue weighted by Crippen LogP contribution is 2.36. The number of unbranched alkanes of at least 4 members (excludes halogenated alkanes) is 1. The summed E-state index contributed by atoms with van der Waals surface area (Å²) in [4.78, 5) is 17.3. The van der Waals surface area contributed by atoms with Gasteiger partial charge in [-0.25, -0.2) is 0 Å². The summed E-state index contributed by atoms with van der Waals surface area (Å²) >= 11 is 0. The van der Waals surface area contributed by atoms with Gasteiger partial charge in [-0.15, -0.1) is 0 Å². The van der Waals surface area contributed by atoms with Gasteiger partial charge in [0.05, 0.1) is 0 Å². The van der Waals surface area contributed by atoms with E-state index in [1.54, 1.807) is 0 Å². The lowest BCUT2D eigenvalue weighted by atomic mass is 9.89. The molecule has 0 aromatic heterocycles. The lowest BCUT2D eigenvalue weighted by Gasteiger charge is -2.38. The third-order valence-corrected chi connectivity index (χ3v) is 6.29. The molecular weight excluding hydrogens is 382 g/mol. The Hall–Kier alpha value is -2.59. The van der Waals surface area contributed by atoms with Crippen molar-refractivity contribution < 1.29 is 4.79 Å². The molecule has 2 aromatic carbocycles. The predicted molar refractivity (Wildman–Crippen MR) is 130 cm³/mol. The van der Waals surface area contributed by atoms with Gasteiger partial charge in [-0.05, 0) is 62.9 Å². The van der Waals surface area contributed by atoms with Gasteiger partial charge in [-0.2, -0.15) is 0 Å². The summed E-state index contributed by atoms with van der Waals surface area (Å²) in [5, 5.41) is 0. The Labute approximate surface area is 187 Å². The second kappa shape index (κ2) is 11.7. The van der Waals surface area contributed by atoms with Crippen LogP contribution in [0.4, 0.5) is 5.69 Å². The summed E-state index contributed by atoms with van der Waals surface area (Å²) in [5.41, 5.74) is 10.7. The van der Waals surface area contributed by atoms with Gasteiger partial charge in [0, 0.05) is 36.9 Å². The number of benzene rings is 2. The van der Waals surface area contributed by atoms with Gasteiger partial charge in [-0.3, -0.25) is 9.69 Å². The zero-order valence-electron chi connectivity index (χ0n) is 19.1. The highest BCUT2D eigenvalue weighted by Gasteiger charge is 2.27. The molecule has 0 saturated carbocycles. The molecule has 0 bridgehead atoms. The van der Waals surface area contributed by atoms with Gasteiger partial charge in [-0.1, -0.05) is 61.4 Å². The van der Waals surface area contributed by atoms with Crippen molar-refractivity contribution in [2.45, 2.75) is 52.0 Å². The molecule has 1 fully saturated rings. The number of carbonyl (C=O) groups is 1. The Morgan fingerprint density at radius 3 is 2.58 bits per heavy atom. The van der Waals surface area contributed by atoms with Crippen molar-refractivity contribution in [2.24, 2.45) is 0 Å². The van der Waals surface area contributed by atoms with E-state index in [1.807, 2.05) is 47.4 Å². The first-order valence-electron chi connectivity index (χ1n) is 11.7. The average Bonchev–Trinajstić information content (AvgIpc) is 2.81. The molecule has 166 valence electrons. The molecule has 31 heavy (non-hydrogen) atoms.